The van der Waals surface area contributed by atoms with Gasteiger partial charge >= 0.3 is 0 Å². The largest absolute Gasteiger partial charge is 0.385 e. The Bertz CT molecular complexity index is 417. The maximum Gasteiger partial charge on any atom is 0.246 e. The van der Waals surface area contributed by atoms with Gasteiger partial charge in [-0.2, -0.15) is 0 Å². The number of hydrogen-bond acceptors (Lipinski definition) is 3. The van der Waals surface area contributed by atoms with E-state index in [1.807, 2.05) is 11.8 Å². The summed E-state index contributed by atoms with van der Waals surface area (Å²) in [5.41, 5.74) is -0.643. The van der Waals surface area contributed by atoms with E-state index in [-0.39, 0.29) is 17.9 Å². The SMILES string of the molecule is COCCCN1C(=O)C(C2CC2)NC(=O)C1(C)C1CC1. The van der Waals surface area contributed by atoms with Crippen molar-refractivity contribution in [1.82, 2.24) is 10.2 Å². The molecule has 2 aliphatic carbocycles. The molecule has 0 aromatic heterocycles. The first-order valence-corrected chi connectivity index (χ1v) is 7.70. The standard InChI is InChI=1S/C15H24N2O3/c1-15(11-6-7-11)14(19)16-12(10-4-5-10)13(18)17(15)8-3-9-20-2/h10-12H,3-9H2,1-2H3,(H,16,19). The number of carbonyl (C=O) groups is 2. The highest BCUT2D eigenvalue weighted by atomic mass is 16.5. The Morgan fingerprint density at radius 2 is 2.00 bits per heavy atom. The molecule has 1 N–H and O–H groups in total. The fourth-order valence-corrected chi connectivity index (χ4v) is 3.38. The van der Waals surface area contributed by atoms with E-state index in [2.05, 4.69) is 5.32 Å². The van der Waals surface area contributed by atoms with E-state index >= 15 is 0 Å². The van der Waals surface area contributed by atoms with Gasteiger partial charge in [0.05, 0.1) is 0 Å². The number of piperazine rings is 1. The minimum atomic E-state index is -0.643. The molecule has 112 valence electrons. The van der Waals surface area contributed by atoms with Gasteiger partial charge in [-0.1, -0.05) is 0 Å². The van der Waals surface area contributed by atoms with Crippen LogP contribution in [0.15, 0.2) is 0 Å². The molecular formula is C15H24N2O3. The molecular weight excluding hydrogens is 256 g/mol. The van der Waals surface area contributed by atoms with Gasteiger partial charge in [0.25, 0.3) is 0 Å². The van der Waals surface area contributed by atoms with E-state index in [0.717, 1.165) is 32.1 Å². The summed E-state index contributed by atoms with van der Waals surface area (Å²) in [5, 5.41) is 3.00. The Hall–Kier alpha value is -1.10. The van der Waals surface area contributed by atoms with Crippen molar-refractivity contribution in [3.8, 4) is 0 Å². The summed E-state index contributed by atoms with van der Waals surface area (Å²) in [4.78, 5) is 27.2. The molecule has 1 heterocycles. The molecule has 0 aromatic rings. The highest BCUT2D eigenvalue weighted by molar-refractivity contribution is 6.00. The van der Waals surface area contributed by atoms with Gasteiger partial charge in [-0.15, -0.1) is 0 Å². The van der Waals surface area contributed by atoms with Crippen LogP contribution in [0.4, 0.5) is 0 Å². The predicted molar refractivity (Wildman–Crippen MR) is 74.0 cm³/mol. The molecule has 0 aromatic carbocycles. The quantitative estimate of drug-likeness (QED) is 0.736. The van der Waals surface area contributed by atoms with Crippen LogP contribution in [0.1, 0.15) is 39.0 Å². The van der Waals surface area contributed by atoms with Crippen LogP contribution in [-0.4, -0.2) is 48.6 Å². The summed E-state index contributed by atoms with van der Waals surface area (Å²) in [7, 11) is 1.66. The topological polar surface area (TPSA) is 58.6 Å². The zero-order valence-corrected chi connectivity index (χ0v) is 12.4. The zero-order valence-electron chi connectivity index (χ0n) is 12.4. The van der Waals surface area contributed by atoms with Gasteiger partial charge in [-0.25, -0.2) is 0 Å². The Labute approximate surface area is 120 Å². The van der Waals surface area contributed by atoms with Crippen LogP contribution < -0.4 is 5.32 Å². The minimum absolute atomic E-state index is 0.0499. The second-order valence-corrected chi connectivity index (χ2v) is 6.55. The third-order valence-electron chi connectivity index (χ3n) is 5.03. The van der Waals surface area contributed by atoms with E-state index in [4.69, 9.17) is 4.74 Å². The number of rotatable bonds is 6. The number of nitrogens with one attached hydrogen (secondary N) is 1. The van der Waals surface area contributed by atoms with Crippen LogP contribution in [0, 0.1) is 11.8 Å². The van der Waals surface area contributed by atoms with Gasteiger partial charge in [0.1, 0.15) is 11.6 Å². The molecule has 5 heteroatoms. The van der Waals surface area contributed by atoms with Crippen LogP contribution in [-0.2, 0) is 14.3 Å². The molecule has 1 saturated heterocycles. The molecule has 2 saturated carbocycles. The van der Waals surface area contributed by atoms with E-state index in [1.165, 1.54) is 0 Å². The maximum atomic E-state index is 12.8. The summed E-state index contributed by atoms with van der Waals surface area (Å²) < 4.78 is 5.09. The average molecular weight is 280 g/mol. The van der Waals surface area contributed by atoms with Crippen molar-refractivity contribution >= 4 is 11.8 Å². The minimum Gasteiger partial charge on any atom is -0.385 e. The molecule has 0 bridgehead atoms. The first-order valence-electron chi connectivity index (χ1n) is 7.70. The number of hydrogen-bond donors (Lipinski definition) is 1. The summed E-state index contributed by atoms with van der Waals surface area (Å²) in [6.07, 6.45) is 5.00. The molecule has 2 atom stereocenters. The number of ether oxygens (including phenoxy) is 1. The van der Waals surface area contributed by atoms with Gasteiger partial charge in [0.15, 0.2) is 0 Å². The van der Waals surface area contributed by atoms with Crippen LogP contribution >= 0.6 is 0 Å². The molecule has 2 unspecified atom stereocenters. The zero-order chi connectivity index (χ0) is 14.3. The molecule has 1 aliphatic heterocycles. The highest BCUT2D eigenvalue weighted by Crippen LogP contribution is 2.46. The van der Waals surface area contributed by atoms with Crippen LogP contribution in [0.2, 0.25) is 0 Å². The molecule has 0 radical (unpaired) electrons. The van der Waals surface area contributed by atoms with Crippen molar-refractivity contribution < 1.29 is 14.3 Å². The van der Waals surface area contributed by atoms with E-state index < -0.39 is 5.54 Å². The Balaban J connectivity index is 1.80. The average Bonchev–Trinajstić information content (AvgIpc) is 3.29. The third-order valence-corrected chi connectivity index (χ3v) is 5.03. The number of carbonyl (C=O) groups excluding carboxylic acids is 2. The van der Waals surface area contributed by atoms with Crippen LogP contribution in [0.5, 0.6) is 0 Å². The van der Waals surface area contributed by atoms with Gasteiger partial charge in [-0.05, 0) is 50.9 Å². The summed E-state index contributed by atoms with van der Waals surface area (Å²) in [6, 6.07) is -0.281. The van der Waals surface area contributed by atoms with Gasteiger partial charge < -0.3 is 15.0 Å². The summed E-state index contributed by atoms with van der Waals surface area (Å²) in [5.74, 6) is 0.862. The second kappa shape index (κ2) is 5.02. The van der Waals surface area contributed by atoms with Crippen LogP contribution in [0.25, 0.3) is 0 Å². The highest BCUT2D eigenvalue weighted by Gasteiger charge is 2.58. The normalized spacial score (nSPS) is 34.3. The van der Waals surface area contributed by atoms with Crippen molar-refractivity contribution in [2.75, 3.05) is 20.3 Å². The smallest absolute Gasteiger partial charge is 0.246 e. The fourth-order valence-electron chi connectivity index (χ4n) is 3.38. The maximum absolute atomic E-state index is 12.8. The molecule has 0 spiro atoms. The molecule has 3 aliphatic rings. The lowest BCUT2D eigenvalue weighted by Crippen LogP contribution is -2.71. The molecule has 2 amide bonds. The van der Waals surface area contributed by atoms with Gasteiger partial charge in [0.2, 0.25) is 11.8 Å². The van der Waals surface area contributed by atoms with Crippen molar-refractivity contribution in [3.63, 3.8) is 0 Å². The lowest BCUT2D eigenvalue weighted by Gasteiger charge is -2.47. The molecule has 3 rings (SSSR count). The van der Waals surface area contributed by atoms with Crippen molar-refractivity contribution in [2.24, 2.45) is 11.8 Å². The monoisotopic (exact) mass is 280 g/mol. The first kappa shape index (κ1) is 13.9. The van der Waals surface area contributed by atoms with E-state index in [0.29, 0.717) is 25.0 Å². The predicted octanol–water partition coefficient (Wildman–Crippen LogP) is 0.929. The van der Waals surface area contributed by atoms with Gasteiger partial charge in [-0.3, -0.25) is 9.59 Å². The fraction of sp³-hybridized carbons (Fsp3) is 0.867. The van der Waals surface area contributed by atoms with E-state index in [1.54, 1.807) is 7.11 Å². The molecule has 20 heavy (non-hydrogen) atoms. The van der Waals surface area contributed by atoms with Crippen LogP contribution in [0.3, 0.4) is 0 Å². The van der Waals surface area contributed by atoms with Crippen molar-refractivity contribution in [2.45, 2.75) is 50.6 Å². The number of nitrogens with zero attached hydrogens (tertiary/aromatic N) is 1. The number of methoxy groups -OCH3 is 1. The number of amides is 2. The summed E-state index contributed by atoms with van der Waals surface area (Å²) in [6.45, 7) is 3.18. The lowest BCUT2D eigenvalue weighted by molar-refractivity contribution is -0.159. The molecule has 3 fully saturated rings. The third kappa shape index (κ3) is 2.22. The Kier molecular flexibility index (Phi) is 3.48. The van der Waals surface area contributed by atoms with E-state index in [9.17, 15) is 9.59 Å². The van der Waals surface area contributed by atoms with Gasteiger partial charge in [0, 0.05) is 20.3 Å². The van der Waals surface area contributed by atoms with Crippen molar-refractivity contribution in [1.29, 1.82) is 0 Å². The Morgan fingerprint density at radius 1 is 1.30 bits per heavy atom. The first-order chi connectivity index (χ1) is 9.59. The Morgan fingerprint density at radius 3 is 2.55 bits per heavy atom. The molecule has 5 nitrogen and oxygen atoms in total. The second-order valence-electron chi connectivity index (χ2n) is 6.55. The van der Waals surface area contributed by atoms with Crippen molar-refractivity contribution in [3.05, 3.63) is 0 Å². The summed E-state index contributed by atoms with van der Waals surface area (Å²) >= 11 is 0. The lowest BCUT2D eigenvalue weighted by atomic mass is 9.87.